The van der Waals surface area contributed by atoms with Crippen LogP contribution in [0.2, 0.25) is 0 Å². The minimum absolute atomic E-state index is 0.0196. The first-order valence-electron chi connectivity index (χ1n) is 7.89. The van der Waals surface area contributed by atoms with E-state index in [1.165, 1.54) is 0 Å². The number of carbonyl (C=O) groups excluding carboxylic acids is 3. The standard InChI is InChI=1S/C17H20N2O4S/c1-11-5-3-4-6-12(11)18-14(20)9-23-16(22)13-10-24-17(2)8-7-15(21)19(13)17/h3-6,13H,7-10H2,1-2H3,(H,18,20)/t13-,17-/m1/s1. The van der Waals surface area contributed by atoms with Crippen LogP contribution in [-0.4, -0.2) is 46.0 Å². The lowest BCUT2D eigenvalue weighted by molar-refractivity contribution is -0.155. The summed E-state index contributed by atoms with van der Waals surface area (Å²) in [6.45, 7) is 3.50. The zero-order chi connectivity index (χ0) is 17.3. The fraction of sp³-hybridized carbons (Fsp3) is 0.471. The molecule has 7 heteroatoms. The molecule has 0 saturated carbocycles. The zero-order valence-electron chi connectivity index (χ0n) is 13.7. The highest BCUT2D eigenvalue weighted by atomic mass is 32.2. The van der Waals surface area contributed by atoms with Crippen molar-refractivity contribution in [1.82, 2.24) is 4.90 Å². The molecule has 1 aromatic rings. The molecule has 1 aromatic carbocycles. The maximum Gasteiger partial charge on any atom is 0.330 e. The summed E-state index contributed by atoms with van der Waals surface area (Å²) in [6, 6.07) is 6.78. The van der Waals surface area contributed by atoms with Crippen molar-refractivity contribution in [3.63, 3.8) is 0 Å². The van der Waals surface area contributed by atoms with Crippen molar-refractivity contribution >= 4 is 35.2 Å². The molecule has 0 aromatic heterocycles. The summed E-state index contributed by atoms with van der Waals surface area (Å²) in [6.07, 6.45) is 1.20. The summed E-state index contributed by atoms with van der Waals surface area (Å²) < 4.78 is 5.14. The van der Waals surface area contributed by atoms with Gasteiger partial charge in [-0.15, -0.1) is 11.8 Å². The van der Waals surface area contributed by atoms with Crippen LogP contribution in [0.4, 0.5) is 5.69 Å². The van der Waals surface area contributed by atoms with E-state index in [0.29, 0.717) is 17.9 Å². The molecule has 0 spiro atoms. The number of carbonyl (C=O) groups is 3. The third-order valence-corrected chi connectivity index (χ3v) is 5.99. The Bertz CT molecular complexity index is 693. The van der Waals surface area contributed by atoms with E-state index < -0.39 is 12.0 Å². The smallest absolute Gasteiger partial charge is 0.330 e. The summed E-state index contributed by atoms with van der Waals surface area (Å²) in [7, 11) is 0. The largest absolute Gasteiger partial charge is 0.454 e. The van der Waals surface area contributed by atoms with Gasteiger partial charge < -0.3 is 15.0 Å². The Morgan fingerprint density at radius 2 is 2.17 bits per heavy atom. The first-order chi connectivity index (χ1) is 11.4. The van der Waals surface area contributed by atoms with Gasteiger partial charge in [0.2, 0.25) is 5.91 Å². The van der Waals surface area contributed by atoms with Crippen LogP contribution >= 0.6 is 11.8 Å². The molecule has 2 saturated heterocycles. The van der Waals surface area contributed by atoms with Gasteiger partial charge in [0.05, 0.1) is 4.87 Å². The molecule has 24 heavy (non-hydrogen) atoms. The topological polar surface area (TPSA) is 75.7 Å². The second-order valence-electron chi connectivity index (χ2n) is 6.24. The molecular weight excluding hydrogens is 328 g/mol. The summed E-state index contributed by atoms with van der Waals surface area (Å²) in [5.41, 5.74) is 1.63. The normalized spacial score (nSPS) is 25.5. The molecule has 6 nitrogen and oxygen atoms in total. The molecule has 2 fully saturated rings. The van der Waals surface area contributed by atoms with Gasteiger partial charge in [-0.3, -0.25) is 9.59 Å². The van der Waals surface area contributed by atoms with Crippen molar-refractivity contribution in [2.24, 2.45) is 0 Å². The van der Waals surface area contributed by atoms with Crippen LogP contribution in [0, 0.1) is 6.92 Å². The van der Waals surface area contributed by atoms with E-state index in [-0.39, 0.29) is 23.3 Å². The lowest BCUT2D eigenvalue weighted by Gasteiger charge is -2.29. The van der Waals surface area contributed by atoms with Gasteiger partial charge in [0.15, 0.2) is 6.61 Å². The van der Waals surface area contributed by atoms with Crippen molar-refractivity contribution in [3.05, 3.63) is 29.8 Å². The number of benzene rings is 1. The molecule has 3 rings (SSSR count). The molecule has 2 aliphatic heterocycles. The number of hydrogen-bond acceptors (Lipinski definition) is 5. The van der Waals surface area contributed by atoms with Gasteiger partial charge in [-0.05, 0) is 31.9 Å². The van der Waals surface area contributed by atoms with Crippen molar-refractivity contribution in [1.29, 1.82) is 0 Å². The summed E-state index contributed by atoms with van der Waals surface area (Å²) >= 11 is 1.60. The molecule has 0 unspecified atom stereocenters. The Balaban J connectivity index is 1.55. The van der Waals surface area contributed by atoms with Crippen molar-refractivity contribution in [3.8, 4) is 0 Å². The number of aryl methyl sites for hydroxylation is 1. The van der Waals surface area contributed by atoms with E-state index in [0.717, 1.165) is 12.0 Å². The minimum atomic E-state index is -0.596. The molecule has 0 aliphatic carbocycles. The van der Waals surface area contributed by atoms with Gasteiger partial charge in [-0.2, -0.15) is 0 Å². The number of fused-ring (bicyclic) bond motifs is 1. The lowest BCUT2D eigenvalue weighted by atomic mass is 10.2. The maximum absolute atomic E-state index is 12.3. The third-order valence-electron chi connectivity index (χ3n) is 4.48. The first kappa shape index (κ1) is 16.8. The SMILES string of the molecule is Cc1ccccc1NC(=O)COC(=O)[C@H]1CS[C@]2(C)CCC(=O)N12. The molecule has 2 heterocycles. The highest BCUT2D eigenvalue weighted by molar-refractivity contribution is 8.01. The van der Waals surface area contributed by atoms with Gasteiger partial charge in [0.25, 0.3) is 5.91 Å². The fourth-order valence-corrected chi connectivity index (χ4v) is 4.54. The summed E-state index contributed by atoms with van der Waals surface area (Å²) in [5.74, 6) is -0.408. The quantitative estimate of drug-likeness (QED) is 0.842. The van der Waals surface area contributed by atoms with Crippen LogP contribution in [0.25, 0.3) is 0 Å². The monoisotopic (exact) mass is 348 g/mol. The van der Waals surface area contributed by atoms with Crippen LogP contribution in [0.5, 0.6) is 0 Å². The highest BCUT2D eigenvalue weighted by Gasteiger charge is 2.53. The molecule has 1 N–H and O–H groups in total. The van der Waals surface area contributed by atoms with Gasteiger partial charge in [0, 0.05) is 17.9 Å². The number of anilines is 1. The average molecular weight is 348 g/mol. The van der Waals surface area contributed by atoms with E-state index >= 15 is 0 Å². The number of nitrogens with zero attached hydrogens (tertiary/aromatic N) is 1. The number of para-hydroxylation sites is 1. The molecule has 0 radical (unpaired) electrons. The lowest BCUT2D eigenvalue weighted by Crippen LogP contribution is -2.47. The van der Waals surface area contributed by atoms with Gasteiger partial charge in [0.1, 0.15) is 6.04 Å². The third kappa shape index (κ3) is 3.13. The number of esters is 1. The predicted molar refractivity (Wildman–Crippen MR) is 91.5 cm³/mol. The van der Waals surface area contributed by atoms with Crippen LogP contribution in [0.15, 0.2) is 24.3 Å². The number of hydrogen-bond donors (Lipinski definition) is 1. The van der Waals surface area contributed by atoms with Crippen molar-refractivity contribution in [2.75, 3.05) is 17.7 Å². The maximum atomic E-state index is 12.3. The van der Waals surface area contributed by atoms with Crippen molar-refractivity contribution in [2.45, 2.75) is 37.6 Å². The van der Waals surface area contributed by atoms with E-state index in [9.17, 15) is 14.4 Å². The van der Waals surface area contributed by atoms with Gasteiger partial charge in [-0.1, -0.05) is 18.2 Å². The van der Waals surface area contributed by atoms with Crippen LogP contribution in [0.1, 0.15) is 25.3 Å². The van der Waals surface area contributed by atoms with Crippen LogP contribution < -0.4 is 5.32 Å². The average Bonchev–Trinajstić information content (AvgIpc) is 3.04. The summed E-state index contributed by atoms with van der Waals surface area (Å²) in [4.78, 5) is 37.6. The van der Waals surface area contributed by atoms with Crippen molar-refractivity contribution < 1.29 is 19.1 Å². The van der Waals surface area contributed by atoms with E-state index in [1.54, 1.807) is 22.7 Å². The number of rotatable bonds is 4. The molecule has 2 aliphatic rings. The van der Waals surface area contributed by atoms with Crippen LogP contribution in [0.3, 0.4) is 0 Å². The number of nitrogens with one attached hydrogen (secondary N) is 1. The Morgan fingerprint density at radius 1 is 1.42 bits per heavy atom. The van der Waals surface area contributed by atoms with E-state index in [2.05, 4.69) is 5.32 Å². The second kappa shape index (κ2) is 6.47. The minimum Gasteiger partial charge on any atom is -0.454 e. The molecule has 2 amide bonds. The second-order valence-corrected chi connectivity index (χ2v) is 7.74. The molecular formula is C17H20N2O4S. The van der Waals surface area contributed by atoms with Gasteiger partial charge >= 0.3 is 5.97 Å². The van der Waals surface area contributed by atoms with Crippen LogP contribution in [-0.2, 0) is 19.1 Å². The molecule has 128 valence electrons. The Morgan fingerprint density at radius 3 is 2.92 bits per heavy atom. The zero-order valence-corrected chi connectivity index (χ0v) is 14.5. The Hall–Kier alpha value is -2.02. The van der Waals surface area contributed by atoms with Gasteiger partial charge in [-0.25, -0.2) is 4.79 Å². The number of ether oxygens (including phenoxy) is 1. The van der Waals surface area contributed by atoms with E-state index in [1.807, 2.05) is 32.0 Å². The Kier molecular flexibility index (Phi) is 4.54. The molecule has 0 bridgehead atoms. The number of thioether (sulfide) groups is 1. The molecule has 2 atom stereocenters. The first-order valence-corrected chi connectivity index (χ1v) is 8.87. The predicted octanol–water partition coefficient (Wildman–Crippen LogP) is 1.93. The Labute approximate surface area is 144 Å². The number of amides is 2. The summed E-state index contributed by atoms with van der Waals surface area (Å²) in [5, 5.41) is 2.72. The fourth-order valence-electron chi connectivity index (χ4n) is 3.13. The van der Waals surface area contributed by atoms with E-state index in [4.69, 9.17) is 4.74 Å². The highest BCUT2D eigenvalue weighted by Crippen LogP contribution is 2.47.